The molecule has 0 atom stereocenters. The van der Waals surface area contributed by atoms with Crippen molar-refractivity contribution in [2.45, 2.75) is 27.7 Å². The van der Waals surface area contributed by atoms with Crippen LogP contribution in [0.2, 0.25) is 0 Å². The predicted octanol–water partition coefficient (Wildman–Crippen LogP) is 2.44. The molecule has 2 N–H and O–H groups in total. The van der Waals surface area contributed by atoms with Crippen LogP contribution in [0.4, 0.5) is 5.69 Å². The van der Waals surface area contributed by atoms with Crippen molar-refractivity contribution in [1.82, 2.24) is 4.57 Å². The number of rotatable bonds is 2. The molecule has 0 amide bonds. The topological polar surface area (TPSA) is 74.3 Å². The van der Waals surface area contributed by atoms with Crippen LogP contribution in [0, 0.1) is 27.7 Å². The van der Waals surface area contributed by atoms with E-state index in [0.717, 1.165) is 22.5 Å². The molecule has 0 radical (unpaired) electrons. The van der Waals surface area contributed by atoms with Gasteiger partial charge in [-0.15, -0.1) is 0 Å². The van der Waals surface area contributed by atoms with E-state index < -0.39 is 5.97 Å². The van der Waals surface area contributed by atoms with Gasteiger partial charge in [-0.3, -0.25) is 4.79 Å². The first-order valence-corrected chi connectivity index (χ1v) is 6.96. The fourth-order valence-corrected chi connectivity index (χ4v) is 2.70. The Kier molecular flexibility index (Phi) is 4.08. The lowest BCUT2D eigenvalue weighted by molar-refractivity contribution is 0.0597. The molecule has 0 saturated carbocycles. The van der Waals surface area contributed by atoms with Crippen molar-refractivity contribution in [1.29, 1.82) is 0 Å². The summed E-state index contributed by atoms with van der Waals surface area (Å²) in [7, 11) is 1.26. The molecule has 0 unspecified atom stereocenters. The molecule has 1 aromatic carbocycles. The molecule has 0 aliphatic heterocycles. The average Bonchev–Trinajstić information content (AvgIpc) is 2.43. The monoisotopic (exact) mass is 300 g/mol. The van der Waals surface area contributed by atoms with Gasteiger partial charge in [-0.1, -0.05) is 6.07 Å². The summed E-state index contributed by atoms with van der Waals surface area (Å²) in [6.45, 7) is 7.47. The minimum atomic E-state index is -0.631. The van der Waals surface area contributed by atoms with Crippen molar-refractivity contribution in [3.8, 4) is 5.69 Å². The van der Waals surface area contributed by atoms with Crippen molar-refractivity contribution >= 4 is 11.7 Å². The maximum atomic E-state index is 12.1. The highest BCUT2D eigenvalue weighted by molar-refractivity contribution is 5.90. The Labute approximate surface area is 129 Å². The van der Waals surface area contributed by atoms with E-state index in [2.05, 4.69) is 0 Å². The smallest absolute Gasteiger partial charge is 0.343 e. The number of aryl methyl sites for hydroxylation is 3. The van der Waals surface area contributed by atoms with Crippen LogP contribution in [0.25, 0.3) is 5.69 Å². The molecule has 22 heavy (non-hydrogen) atoms. The third kappa shape index (κ3) is 2.50. The van der Waals surface area contributed by atoms with Crippen LogP contribution in [0.3, 0.4) is 0 Å². The lowest BCUT2D eigenvalue weighted by atomic mass is 10.1. The fraction of sp³-hybridized carbons (Fsp3) is 0.294. The molecule has 0 spiro atoms. The van der Waals surface area contributed by atoms with Crippen LogP contribution < -0.4 is 11.2 Å². The Morgan fingerprint density at radius 2 is 1.73 bits per heavy atom. The van der Waals surface area contributed by atoms with Gasteiger partial charge in [0.1, 0.15) is 5.56 Å². The van der Waals surface area contributed by atoms with Crippen LogP contribution in [-0.4, -0.2) is 17.6 Å². The molecule has 2 rings (SSSR count). The fourth-order valence-electron chi connectivity index (χ4n) is 2.70. The number of anilines is 1. The highest BCUT2D eigenvalue weighted by atomic mass is 16.5. The zero-order chi connectivity index (χ0) is 16.6. The van der Waals surface area contributed by atoms with E-state index in [0.29, 0.717) is 11.4 Å². The van der Waals surface area contributed by atoms with Crippen molar-refractivity contribution < 1.29 is 9.53 Å². The van der Waals surface area contributed by atoms with Crippen LogP contribution in [-0.2, 0) is 4.74 Å². The third-order valence-electron chi connectivity index (χ3n) is 3.85. The predicted molar refractivity (Wildman–Crippen MR) is 86.7 cm³/mol. The van der Waals surface area contributed by atoms with Gasteiger partial charge in [0.05, 0.1) is 12.8 Å². The molecule has 0 aliphatic carbocycles. The number of ether oxygens (including phenoxy) is 1. The molecular formula is C17H20N2O3. The summed E-state index contributed by atoms with van der Waals surface area (Å²) in [6, 6.07) is 5.28. The number of hydrogen-bond donors (Lipinski definition) is 1. The van der Waals surface area contributed by atoms with Crippen molar-refractivity contribution in [2.75, 3.05) is 12.8 Å². The molecular weight excluding hydrogens is 280 g/mol. The summed E-state index contributed by atoms with van der Waals surface area (Å²) in [5.74, 6) is -0.631. The maximum absolute atomic E-state index is 12.1. The van der Waals surface area contributed by atoms with Crippen molar-refractivity contribution in [3.63, 3.8) is 0 Å². The van der Waals surface area contributed by atoms with Gasteiger partial charge < -0.3 is 15.0 Å². The molecule has 2 aromatic rings. The lowest BCUT2D eigenvalue weighted by Gasteiger charge is -2.20. The second-order valence-corrected chi connectivity index (χ2v) is 5.43. The number of nitrogens with zero attached hydrogens (tertiary/aromatic N) is 1. The van der Waals surface area contributed by atoms with Gasteiger partial charge >= 0.3 is 5.97 Å². The zero-order valence-electron chi connectivity index (χ0n) is 13.5. The average molecular weight is 300 g/mol. The number of nitrogens with two attached hydrogens (primary N) is 1. The molecule has 116 valence electrons. The van der Waals surface area contributed by atoms with Crippen LogP contribution >= 0.6 is 0 Å². The van der Waals surface area contributed by atoms with E-state index in [9.17, 15) is 9.59 Å². The number of hydrogen-bond acceptors (Lipinski definition) is 4. The Morgan fingerprint density at radius 3 is 2.32 bits per heavy atom. The maximum Gasteiger partial charge on any atom is 0.343 e. The Morgan fingerprint density at radius 1 is 1.09 bits per heavy atom. The standard InChI is InChI=1S/C17H20N2O3/c1-9-6-10(2)14(8-13(9)18)19-11(3)7-15(20)16(12(19)4)17(21)22-5/h6-8H,18H2,1-5H3. The third-order valence-corrected chi connectivity index (χ3v) is 3.85. The minimum Gasteiger partial charge on any atom is -0.465 e. The van der Waals surface area contributed by atoms with Gasteiger partial charge in [0.2, 0.25) is 0 Å². The molecule has 0 saturated heterocycles. The van der Waals surface area contributed by atoms with Crippen LogP contribution in [0.1, 0.15) is 32.9 Å². The van der Waals surface area contributed by atoms with E-state index in [-0.39, 0.29) is 11.0 Å². The number of aromatic nitrogens is 1. The molecule has 5 nitrogen and oxygen atoms in total. The minimum absolute atomic E-state index is 0.0478. The van der Waals surface area contributed by atoms with E-state index in [4.69, 9.17) is 10.5 Å². The number of carbonyl (C=O) groups is 1. The summed E-state index contributed by atoms with van der Waals surface area (Å²) >= 11 is 0. The number of benzene rings is 1. The summed E-state index contributed by atoms with van der Waals surface area (Å²) in [5.41, 5.74) is 10.5. The van der Waals surface area contributed by atoms with Gasteiger partial charge in [0.25, 0.3) is 0 Å². The summed E-state index contributed by atoms with van der Waals surface area (Å²) in [5, 5.41) is 0. The Balaban J connectivity index is 2.85. The summed E-state index contributed by atoms with van der Waals surface area (Å²) in [6.07, 6.45) is 0. The van der Waals surface area contributed by atoms with E-state index in [1.807, 2.05) is 37.5 Å². The molecule has 5 heteroatoms. The van der Waals surface area contributed by atoms with E-state index >= 15 is 0 Å². The highest BCUT2D eigenvalue weighted by Gasteiger charge is 2.19. The highest BCUT2D eigenvalue weighted by Crippen LogP contribution is 2.24. The number of pyridine rings is 1. The summed E-state index contributed by atoms with van der Waals surface area (Å²) < 4.78 is 6.58. The van der Waals surface area contributed by atoms with Gasteiger partial charge in [0, 0.05) is 23.1 Å². The molecule has 0 fully saturated rings. The SMILES string of the molecule is COC(=O)c1c(C)n(-c2cc(N)c(C)cc2C)c(C)cc1=O. The zero-order valence-corrected chi connectivity index (χ0v) is 13.5. The first-order valence-electron chi connectivity index (χ1n) is 6.96. The number of nitrogen functional groups attached to an aromatic ring is 1. The van der Waals surface area contributed by atoms with Crippen molar-refractivity contribution in [3.05, 3.63) is 56.5 Å². The number of methoxy groups -OCH3 is 1. The van der Waals surface area contributed by atoms with Gasteiger partial charge in [0.15, 0.2) is 5.43 Å². The Hall–Kier alpha value is -2.56. The molecule has 0 aliphatic rings. The molecule has 0 bridgehead atoms. The Bertz CT molecular complexity index is 820. The van der Waals surface area contributed by atoms with Gasteiger partial charge in [-0.25, -0.2) is 4.79 Å². The van der Waals surface area contributed by atoms with Gasteiger partial charge in [-0.2, -0.15) is 0 Å². The van der Waals surface area contributed by atoms with Crippen molar-refractivity contribution in [2.24, 2.45) is 0 Å². The van der Waals surface area contributed by atoms with Crippen LogP contribution in [0.15, 0.2) is 23.0 Å². The molecule has 1 heterocycles. The normalized spacial score (nSPS) is 10.6. The molecule has 1 aromatic heterocycles. The van der Waals surface area contributed by atoms with E-state index in [1.165, 1.54) is 13.2 Å². The van der Waals surface area contributed by atoms with E-state index in [1.54, 1.807) is 6.92 Å². The largest absolute Gasteiger partial charge is 0.465 e. The summed E-state index contributed by atoms with van der Waals surface area (Å²) in [4.78, 5) is 24.0. The first-order chi connectivity index (χ1) is 10.3. The first kappa shape index (κ1) is 15.8. The van der Waals surface area contributed by atoms with Crippen LogP contribution in [0.5, 0.6) is 0 Å². The lowest BCUT2D eigenvalue weighted by Crippen LogP contribution is -2.23. The second kappa shape index (κ2) is 5.67. The quantitative estimate of drug-likeness (QED) is 0.683. The van der Waals surface area contributed by atoms with Gasteiger partial charge in [-0.05, 0) is 44.9 Å². The second-order valence-electron chi connectivity index (χ2n) is 5.43. The number of esters is 1. The number of carbonyl (C=O) groups excluding carboxylic acids is 1.